The molecule has 1 aromatic carbocycles. The summed E-state index contributed by atoms with van der Waals surface area (Å²) in [5.41, 5.74) is 6.65. The van der Waals surface area contributed by atoms with Crippen molar-refractivity contribution in [1.82, 2.24) is 9.78 Å². The molecule has 1 amide bonds. The van der Waals surface area contributed by atoms with Gasteiger partial charge >= 0.3 is 12.1 Å². The number of hydrogen-bond donors (Lipinski definition) is 2. The van der Waals surface area contributed by atoms with Crippen molar-refractivity contribution < 1.29 is 27.9 Å². The first-order chi connectivity index (χ1) is 9.12. The van der Waals surface area contributed by atoms with Gasteiger partial charge in [-0.2, -0.15) is 18.3 Å². The minimum atomic E-state index is -5.08. The monoisotopic (exact) mass is 289 g/mol. The molecule has 6 nitrogen and oxygen atoms in total. The highest BCUT2D eigenvalue weighted by molar-refractivity contribution is 5.96. The van der Waals surface area contributed by atoms with E-state index >= 15 is 0 Å². The normalized spacial score (nSPS) is 10.8. The van der Waals surface area contributed by atoms with Gasteiger partial charge in [-0.15, -0.1) is 0 Å². The van der Waals surface area contributed by atoms with Gasteiger partial charge in [0, 0.05) is 18.0 Å². The molecule has 0 aliphatic heterocycles. The standard InChI is InChI=1S/C9H9N3O.C2HF3O2/c1-12-8-3-2-6(9(10)13)4-7(8)5-11-12;3-2(4,5)1(6)7/h2-5H,1H3,(H2,10,13);(H,6,7). The molecule has 9 heteroatoms. The molecule has 0 saturated heterocycles. The summed E-state index contributed by atoms with van der Waals surface area (Å²) in [6.07, 6.45) is -3.37. The number of amides is 1. The van der Waals surface area contributed by atoms with E-state index in [2.05, 4.69) is 5.10 Å². The Hall–Kier alpha value is -2.58. The molecule has 0 aliphatic carbocycles. The number of halogens is 3. The van der Waals surface area contributed by atoms with Crippen LogP contribution in [0.3, 0.4) is 0 Å². The third kappa shape index (κ3) is 3.70. The van der Waals surface area contributed by atoms with Crippen LogP contribution in [0.2, 0.25) is 0 Å². The predicted octanol–water partition coefficient (Wildman–Crippen LogP) is 1.31. The predicted molar refractivity (Wildman–Crippen MR) is 62.9 cm³/mol. The van der Waals surface area contributed by atoms with Crippen LogP contribution in [0, 0.1) is 0 Å². The van der Waals surface area contributed by atoms with E-state index in [9.17, 15) is 18.0 Å². The van der Waals surface area contributed by atoms with Gasteiger partial charge in [0.2, 0.25) is 5.91 Å². The quantitative estimate of drug-likeness (QED) is 0.826. The van der Waals surface area contributed by atoms with Crippen molar-refractivity contribution in [3.63, 3.8) is 0 Å². The van der Waals surface area contributed by atoms with Crippen molar-refractivity contribution in [3.8, 4) is 0 Å². The SMILES string of the molecule is Cn1ncc2cc(C(N)=O)ccc21.O=C(O)C(F)(F)F. The minimum Gasteiger partial charge on any atom is -0.475 e. The molecule has 108 valence electrons. The summed E-state index contributed by atoms with van der Waals surface area (Å²) in [5.74, 6) is -3.17. The van der Waals surface area contributed by atoms with Crippen LogP contribution in [0.5, 0.6) is 0 Å². The minimum absolute atomic E-state index is 0.411. The Kier molecular flexibility index (Phi) is 4.33. The number of carbonyl (C=O) groups excluding carboxylic acids is 1. The highest BCUT2D eigenvalue weighted by atomic mass is 19.4. The zero-order chi connectivity index (χ0) is 15.5. The maximum absolute atomic E-state index is 10.8. The first-order valence-electron chi connectivity index (χ1n) is 5.14. The average Bonchev–Trinajstić information content (AvgIpc) is 2.70. The van der Waals surface area contributed by atoms with Gasteiger partial charge in [0.1, 0.15) is 0 Å². The van der Waals surface area contributed by atoms with E-state index in [1.807, 2.05) is 13.1 Å². The zero-order valence-corrected chi connectivity index (χ0v) is 10.2. The first-order valence-corrected chi connectivity index (χ1v) is 5.14. The number of aryl methyl sites for hydroxylation is 1. The van der Waals surface area contributed by atoms with Crippen molar-refractivity contribution in [2.24, 2.45) is 12.8 Å². The van der Waals surface area contributed by atoms with Gasteiger partial charge in [0.25, 0.3) is 0 Å². The Bertz CT molecular complexity index is 649. The topological polar surface area (TPSA) is 98.2 Å². The number of aromatic nitrogens is 2. The van der Waals surface area contributed by atoms with Crippen molar-refractivity contribution in [2.45, 2.75) is 6.18 Å². The van der Waals surface area contributed by atoms with E-state index in [-0.39, 0.29) is 0 Å². The molecule has 0 bridgehead atoms. The molecule has 0 radical (unpaired) electrons. The molecule has 0 unspecified atom stereocenters. The highest BCUT2D eigenvalue weighted by Gasteiger charge is 2.38. The van der Waals surface area contributed by atoms with E-state index in [0.717, 1.165) is 10.9 Å². The number of nitrogens with two attached hydrogens (primary N) is 1. The number of carbonyl (C=O) groups is 2. The fourth-order valence-corrected chi connectivity index (χ4v) is 1.32. The molecule has 0 saturated carbocycles. The number of rotatable bonds is 1. The maximum atomic E-state index is 10.8. The van der Waals surface area contributed by atoms with Crippen LogP contribution >= 0.6 is 0 Å². The van der Waals surface area contributed by atoms with Crippen LogP contribution in [0.15, 0.2) is 24.4 Å². The van der Waals surface area contributed by atoms with Crippen molar-refractivity contribution >= 4 is 22.8 Å². The molecule has 0 fully saturated rings. The molecule has 2 aromatic rings. The Morgan fingerprint density at radius 2 is 1.90 bits per heavy atom. The Balaban J connectivity index is 0.000000246. The van der Waals surface area contributed by atoms with Gasteiger partial charge < -0.3 is 10.8 Å². The number of primary amides is 1. The summed E-state index contributed by atoms with van der Waals surface area (Å²) in [5, 5.41) is 12.1. The number of aliphatic carboxylic acids is 1. The number of hydrogen-bond acceptors (Lipinski definition) is 3. The highest BCUT2D eigenvalue weighted by Crippen LogP contribution is 2.14. The van der Waals surface area contributed by atoms with E-state index in [4.69, 9.17) is 15.6 Å². The average molecular weight is 289 g/mol. The van der Waals surface area contributed by atoms with Crippen LogP contribution in [0.1, 0.15) is 10.4 Å². The maximum Gasteiger partial charge on any atom is 0.490 e. The number of nitrogens with zero attached hydrogens (tertiary/aromatic N) is 2. The fraction of sp³-hybridized carbons (Fsp3) is 0.182. The summed E-state index contributed by atoms with van der Waals surface area (Å²) in [6.45, 7) is 0. The summed E-state index contributed by atoms with van der Waals surface area (Å²) in [4.78, 5) is 19.7. The Morgan fingerprint density at radius 3 is 2.35 bits per heavy atom. The number of carboxylic acids is 1. The van der Waals surface area contributed by atoms with E-state index < -0.39 is 18.1 Å². The van der Waals surface area contributed by atoms with Crippen LogP contribution in [0.4, 0.5) is 13.2 Å². The number of alkyl halides is 3. The van der Waals surface area contributed by atoms with Crippen LogP contribution in [0.25, 0.3) is 10.9 Å². The molecular formula is C11H10F3N3O3. The summed E-state index contributed by atoms with van der Waals surface area (Å²) < 4.78 is 33.5. The van der Waals surface area contributed by atoms with Gasteiger partial charge in [-0.05, 0) is 18.2 Å². The molecule has 20 heavy (non-hydrogen) atoms. The smallest absolute Gasteiger partial charge is 0.475 e. The molecule has 1 heterocycles. The van der Waals surface area contributed by atoms with Gasteiger partial charge in [-0.25, -0.2) is 4.79 Å². The third-order valence-corrected chi connectivity index (χ3v) is 2.27. The lowest BCUT2D eigenvalue weighted by Crippen LogP contribution is -2.21. The van der Waals surface area contributed by atoms with Crippen LogP contribution in [-0.4, -0.2) is 32.9 Å². The van der Waals surface area contributed by atoms with Gasteiger partial charge in [-0.3, -0.25) is 9.48 Å². The third-order valence-electron chi connectivity index (χ3n) is 2.27. The van der Waals surface area contributed by atoms with Crippen molar-refractivity contribution in [3.05, 3.63) is 30.0 Å². The molecule has 0 atom stereocenters. The van der Waals surface area contributed by atoms with Gasteiger partial charge in [0.05, 0.1) is 11.7 Å². The molecule has 2 rings (SSSR count). The van der Waals surface area contributed by atoms with Gasteiger partial charge in [0.15, 0.2) is 0 Å². The second-order valence-electron chi connectivity index (χ2n) is 3.71. The molecule has 0 aliphatic rings. The molecule has 3 N–H and O–H groups in total. The lowest BCUT2D eigenvalue weighted by molar-refractivity contribution is -0.192. The second kappa shape index (κ2) is 5.59. The number of benzene rings is 1. The lowest BCUT2D eigenvalue weighted by atomic mass is 10.1. The largest absolute Gasteiger partial charge is 0.490 e. The summed E-state index contributed by atoms with van der Waals surface area (Å²) in [6, 6.07) is 5.28. The van der Waals surface area contributed by atoms with Crippen molar-refractivity contribution in [1.29, 1.82) is 0 Å². The Morgan fingerprint density at radius 1 is 1.35 bits per heavy atom. The fourth-order valence-electron chi connectivity index (χ4n) is 1.32. The lowest BCUT2D eigenvalue weighted by Gasteiger charge is -1.96. The van der Waals surface area contributed by atoms with E-state index in [0.29, 0.717) is 5.56 Å². The number of fused-ring (bicyclic) bond motifs is 1. The van der Waals surface area contributed by atoms with Crippen molar-refractivity contribution in [2.75, 3.05) is 0 Å². The van der Waals surface area contributed by atoms with Crippen LogP contribution in [-0.2, 0) is 11.8 Å². The molecule has 0 spiro atoms. The summed E-state index contributed by atoms with van der Waals surface area (Å²) in [7, 11) is 1.85. The zero-order valence-electron chi connectivity index (χ0n) is 10.2. The number of carboxylic acid groups (broad SMARTS) is 1. The Labute approximate surface area is 110 Å². The molecular weight excluding hydrogens is 279 g/mol. The van der Waals surface area contributed by atoms with Gasteiger partial charge in [-0.1, -0.05) is 0 Å². The second-order valence-corrected chi connectivity index (χ2v) is 3.71. The van der Waals surface area contributed by atoms with Crippen LogP contribution < -0.4 is 5.73 Å². The molecule has 1 aromatic heterocycles. The summed E-state index contributed by atoms with van der Waals surface area (Å²) >= 11 is 0. The van der Waals surface area contributed by atoms with E-state index in [1.165, 1.54) is 0 Å². The van der Waals surface area contributed by atoms with E-state index in [1.54, 1.807) is 23.0 Å². The first kappa shape index (κ1) is 15.5.